The molecule has 0 radical (unpaired) electrons. The Hall–Kier alpha value is -1.42. The van der Waals surface area contributed by atoms with Gasteiger partial charge in [0.15, 0.2) is 0 Å². The zero-order valence-electron chi connectivity index (χ0n) is 11.5. The highest BCUT2D eigenvalue weighted by molar-refractivity contribution is 5.89. The van der Waals surface area contributed by atoms with Gasteiger partial charge in [-0.15, -0.1) is 0 Å². The van der Waals surface area contributed by atoms with E-state index in [4.69, 9.17) is 0 Å². The van der Waals surface area contributed by atoms with Gasteiger partial charge in [0.05, 0.1) is 12.7 Å². The molecule has 2 rings (SSSR count). The van der Waals surface area contributed by atoms with Crippen LogP contribution in [-0.4, -0.2) is 30.6 Å². The second-order valence-corrected chi connectivity index (χ2v) is 5.01. The van der Waals surface area contributed by atoms with Crippen molar-refractivity contribution in [2.24, 2.45) is 0 Å². The Morgan fingerprint density at radius 2 is 2.21 bits per heavy atom. The molecule has 0 unspecified atom stereocenters. The summed E-state index contributed by atoms with van der Waals surface area (Å²) < 4.78 is 18.4. The summed E-state index contributed by atoms with van der Waals surface area (Å²) in [5.74, 6) is -1.13. The van der Waals surface area contributed by atoms with Gasteiger partial charge in [-0.05, 0) is 43.5 Å². The smallest absolute Gasteiger partial charge is 0.340 e. The Labute approximate surface area is 113 Å². The predicted octanol–water partition coefficient (Wildman–Crippen LogP) is 2.99. The minimum atomic E-state index is -0.628. The first-order chi connectivity index (χ1) is 9.15. The summed E-state index contributed by atoms with van der Waals surface area (Å²) in [4.78, 5) is 13.7. The molecule has 1 aromatic rings. The summed E-state index contributed by atoms with van der Waals surface area (Å²) in [7, 11) is 1.26. The molecule has 1 saturated carbocycles. The van der Waals surface area contributed by atoms with E-state index in [9.17, 15) is 9.18 Å². The van der Waals surface area contributed by atoms with E-state index >= 15 is 0 Å². The molecule has 0 heterocycles. The van der Waals surface area contributed by atoms with Crippen LogP contribution in [0.1, 0.15) is 42.1 Å². The van der Waals surface area contributed by atoms with E-state index < -0.39 is 11.8 Å². The van der Waals surface area contributed by atoms with Gasteiger partial charge in [0.1, 0.15) is 5.82 Å². The van der Waals surface area contributed by atoms with Gasteiger partial charge in [-0.3, -0.25) is 4.90 Å². The highest BCUT2D eigenvalue weighted by Gasteiger charge is 2.28. The zero-order chi connectivity index (χ0) is 13.8. The van der Waals surface area contributed by atoms with Crippen LogP contribution in [0.3, 0.4) is 0 Å². The van der Waals surface area contributed by atoms with E-state index in [1.165, 1.54) is 32.1 Å². The van der Waals surface area contributed by atoms with E-state index in [0.717, 1.165) is 25.1 Å². The number of carbonyl (C=O) groups excluding carboxylic acids is 1. The lowest BCUT2D eigenvalue weighted by atomic mass is 10.1. The molecule has 0 spiro atoms. The Kier molecular flexibility index (Phi) is 4.53. The first-order valence-corrected chi connectivity index (χ1v) is 6.76. The van der Waals surface area contributed by atoms with Crippen LogP contribution >= 0.6 is 0 Å². The first-order valence-electron chi connectivity index (χ1n) is 6.76. The maximum absolute atomic E-state index is 13.8. The highest BCUT2D eigenvalue weighted by atomic mass is 19.1. The lowest BCUT2D eigenvalue weighted by Gasteiger charge is -2.21. The number of esters is 1. The van der Waals surface area contributed by atoms with E-state index in [1.54, 1.807) is 6.07 Å². The van der Waals surface area contributed by atoms with Gasteiger partial charge in [0.25, 0.3) is 0 Å². The molecule has 1 aliphatic carbocycles. The Bertz CT molecular complexity index is 457. The highest BCUT2D eigenvalue weighted by Crippen LogP contribution is 2.28. The number of hydrogen-bond acceptors (Lipinski definition) is 3. The first kappa shape index (κ1) is 14.0. The topological polar surface area (TPSA) is 29.5 Å². The quantitative estimate of drug-likeness (QED) is 0.741. The number of methoxy groups -OCH3 is 1. The van der Waals surface area contributed by atoms with Gasteiger partial charge in [-0.25, -0.2) is 9.18 Å². The predicted molar refractivity (Wildman–Crippen MR) is 71.5 cm³/mol. The third-order valence-corrected chi connectivity index (χ3v) is 3.40. The number of rotatable bonds is 6. The van der Waals surface area contributed by atoms with Gasteiger partial charge >= 0.3 is 5.97 Å². The summed E-state index contributed by atoms with van der Waals surface area (Å²) in [5.41, 5.74) is 0.908. The molecule has 1 fully saturated rings. The molecule has 0 aliphatic heterocycles. The molecule has 19 heavy (non-hydrogen) atoms. The molecular weight excluding hydrogens is 245 g/mol. The second-order valence-electron chi connectivity index (χ2n) is 5.01. The maximum Gasteiger partial charge on any atom is 0.340 e. The summed E-state index contributed by atoms with van der Waals surface area (Å²) in [5, 5.41) is 0. The summed E-state index contributed by atoms with van der Waals surface area (Å²) >= 11 is 0. The van der Waals surface area contributed by atoms with E-state index in [1.807, 2.05) is 0 Å². The van der Waals surface area contributed by atoms with Gasteiger partial charge < -0.3 is 4.74 Å². The van der Waals surface area contributed by atoms with Crippen molar-refractivity contribution in [1.29, 1.82) is 0 Å². The summed E-state index contributed by atoms with van der Waals surface area (Å²) in [6.45, 7) is 3.93. The second kappa shape index (κ2) is 6.15. The number of halogens is 1. The Balaban J connectivity index is 2.08. The molecule has 0 atom stereocenters. The fourth-order valence-corrected chi connectivity index (χ4v) is 2.28. The molecule has 104 valence electrons. The van der Waals surface area contributed by atoms with Crippen molar-refractivity contribution in [3.63, 3.8) is 0 Å². The third kappa shape index (κ3) is 3.53. The Morgan fingerprint density at radius 1 is 1.47 bits per heavy atom. The maximum atomic E-state index is 13.8. The van der Waals surface area contributed by atoms with Crippen LogP contribution < -0.4 is 0 Å². The monoisotopic (exact) mass is 265 g/mol. The van der Waals surface area contributed by atoms with Crippen LogP contribution in [0.15, 0.2) is 18.2 Å². The van der Waals surface area contributed by atoms with Crippen molar-refractivity contribution in [3.05, 3.63) is 35.1 Å². The summed E-state index contributed by atoms with van der Waals surface area (Å²) in [6.07, 6.45) is 3.57. The van der Waals surface area contributed by atoms with Crippen molar-refractivity contribution < 1.29 is 13.9 Å². The van der Waals surface area contributed by atoms with Crippen molar-refractivity contribution in [2.45, 2.75) is 38.8 Å². The van der Waals surface area contributed by atoms with Crippen molar-refractivity contribution >= 4 is 5.97 Å². The van der Waals surface area contributed by atoms with Crippen LogP contribution in [0.4, 0.5) is 4.39 Å². The lowest BCUT2D eigenvalue weighted by Crippen LogP contribution is -2.26. The largest absolute Gasteiger partial charge is 0.465 e. The zero-order valence-corrected chi connectivity index (χ0v) is 11.5. The molecule has 1 aromatic carbocycles. The van der Waals surface area contributed by atoms with Crippen LogP contribution in [-0.2, 0) is 11.3 Å². The fourth-order valence-electron chi connectivity index (χ4n) is 2.28. The van der Waals surface area contributed by atoms with E-state index in [2.05, 4.69) is 16.6 Å². The molecule has 0 saturated heterocycles. The normalized spacial score (nSPS) is 14.7. The SMILES string of the molecule is CCCN(Cc1ccc(C(=O)OC)c(F)c1)C1CC1. The average molecular weight is 265 g/mol. The molecule has 0 aromatic heterocycles. The van der Waals surface area contributed by atoms with Gasteiger partial charge in [0.2, 0.25) is 0 Å². The standard InChI is InChI=1S/C15H20FNO2/c1-3-8-17(12-5-6-12)10-11-4-7-13(14(16)9-11)15(18)19-2/h4,7,9,12H,3,5-6,8,10H2,1-2H3. The van der Waals surface area contributed by atoms with Gasteiger partial charge in [-0.1, -0.05) is 13.0 Å². The molecule has 0 amide bonds. The van der Waals surface area contributed by atoms with Crippen molar-refractivity contribution in [2.75, 3.05) is 13.7 Å². The number of ether oxygens (including phenoxy) is 1. The molecule has 4 heteroatoms. The van der Waals surface area contributed by atoms with Gasteiger partial charge in [0, 0.05) is 12.6 Å². The number of carbonyl (C=O) groups is 1. The Morgan fingerprint density at radius 3 is 2.74 bits per heavy atom. The molecular formula is C15H20FNO2. The fraction of sp³-hybridized carbons (Fsp3) is 0.533. The van der Waals surface area contributed by atoms with E-state index in [-0.39, 0.29) is 5.56 Å². The van der Waals surface area contributed by atoms with Crippen molar-refractivity contribution in [1.82, 2.24) is 4.90 Å². The minimum absolute atomic E-state index is 0.000265. The number of nitrogens with zero attached hydrogens (tertiary/aromatic N) is 1. The third-order valence-electron chi connectivity index (χ3n) is 3.40. The average Bonchev–Trinajstić information content (AvgIpc) is 3.22. The number of benzene rings is 1. The molecule has 0 N–H and O–H groups in total. The van der Waals surface area contributed by atoms with Crippen LogP contribution in [0, 0.1) is 5.82 Å². The lowest BCUT2D eigenvalue weighted by molar-refractivity contribution is 0.0595. The van der Waals surface area contributed by atoms with Crippen LogP contribution in [0.25, 0.3) is 0 Å². The molecule has 1 aliphatic rings. The minimum Gasteiger partial charge on any atom is -0.465 e. The molecule has 3 nitrogen and oxygen atoms in total. The van der Waals surface area contributed by atoms with Crippen LogP contribution in [0.5, 0.6) is 0 Å². The van der Waals surface area contributed by atoms with Gasteiger partial charge in [-0.2, -0.15) is 0 Å². The van der Waals surface area contributed by atoms with Crippen molar-refractivity contribution in [3.8, 4) is 0 Å². The van der Waals surface area contributed by atoms with Crippen LogP contribution in [0.2, 0.25) is 0 Å². The number of hydrogen-bond donors (Lipinski definition) is 0. The summed E-state index contributed by atoms with van der Waals surface area (Å²) in [6, 6.07) is 5.41. The molecule has 0 bridgehead atoms. The van der Waals surface area contributed by atoms with E-state index in [0.29, 0.717) is 6.04 Å².